The number of rotatable bonds is 11. The van der Waals surface area contributed by atoms with Crippen LogP contribution in [-0.2, 0) is 20.7 Å². The summed E-state index contributed by atoms with van der Waals surface area (Å²) in [6.45, 7) is 4.29. The fourth-order valence-electron chi connectivity index (χ4n) is 2.10. The summed E-state index contributed by atoms with van der Waals surface area (Å²) in [4.78, 5) is 24.6. The Kier molecular flexibility index (Phi) is 9.55. The highest BCUT2D eigenvalue weighted by atomic mass is 32.1. The minimum absolute atomic E-state index is 0.147. The van der Waals surface area contributed by atoms with Gasteiger partial charge < -0.3 is 10.1 Å². The van der Waals surface area contributed by atoms with Crippen molar-refractivity contribution < 1.29 is 14.3 Å². The molecular weight excluding hydrogens is 298 g/mol. The highest BCUT2D eigenvalue weighted by Crippen LogP contribution is 2.09. The van der Waals surface area contributed by atoms with Gasteiger partial charge in [0, 0.05) is 4.88 Å². The van der Waals surface area contributed by atoms with E-state index in [1.165, 1.54) is 37.0 Å². The quantitative estimate of drug-likeness (QED) is 0.498. The van der Waals surface area contributed by atoms with Crippen molar-refractivity contribution in [2.75, 3.05) is 6.61 Å². The van der Waals surface area contributed by atoms with Gasteiger partial charge in [-0.3, -0.25) is 4.79 Å². The van der Waals surface area contributed by atoms with Crippen molar-refractivity contribution >= 4 is 23.2 Å². The number of hydrogen-bond donors (Lipinski definition) is 1. The lowest BCUT2D eigenvalue weighted by atomic mass is 10.1. The summed E-state index contributed by atoms with van der Waals surface area (Å²) in [5.74, 6) is -0.500. The molecule has 0 aromatic carbocycles. The van der Waals surface area contributed by atoms with Crippen LogP contribution in [-0.4, -0.2) is 24.5 Å². The van der Waals surface area contributed by atoms with Gasteiger partial charge in [0.1, 0.15) is 6.04 Å². The normalized spacial score (nSPS) is 11.9. The van der Waals surface area contributed by atoms with Crippen molar-refractivity contribution in [1.29, 1.82) is 0 Å². The van der Waals surface area contributed by atoms with E-state index < -0.39 is 6.04 Å². The largest absolute Gasteiger partial charge is 0.464 e. The number of esters is 1. The van der Waals surface area contributed by atoms with Crippen LogP contribution < -0.4 is 5.32 Å². The van der Waals surface area contributed by atoms with Crippen molar-refractivity contribution in [1.82, 2.24) is 5.32 Å². The average Bonchev–Trinajstić information content (AvgIpc) is 2.98. The Balaban J connectivity index is 2.10. The maximum Gasteiger partial charge on any atom is 0.328 e. The Hall–Kier alpha value is -1.36. The zero-order valence-corrected chi connectivity index (χ0v) is 14.4. The first-order valence-electron chi connectivity index (χ1n) is 8.12. The lowest BCUT2D eigenvalue weighted by Crippen LogP contribution is -2.40. The molecule has 0 spiro atoms. The summed E-state index contributed by atoms with van der Waals surface area (Å²) in [6, 6.07) is 3.23. The second kappa shape index (κ2) is 11.2. The highest BCUT2D eigenvalue weighted by molar-refractivity contribution is 7.10. The van der Waals surface area contributed by atoms with Gasteiger partial charge in [-0.2, -0.15) is 0 Å². The molecule has 5 heteroatoms. The molecule has 1 aromatic heterocycles. The van der Waals surface area contributed by atoms with Crippen molar-refractivity contribution in [2.24, 2.45) is 0 Å². The highest BCUT2D eigenvalue weighted by Gasteiger charge is 2.17. The van der Waals surface area contributed by atoms with Crippen LogP contribution in [0.1, 0.15) is 57.2 Å². The first-order chi connectivity index (χ1) is 10.6. The molecule has 0 bridgehead atoms. The van der Waals surface area contributed by atoms with Crippen molar-refractivity contribution in [3.63, 3.8) is 0 Å². The topological polar surface area (TPSA) is 55.4 Å². The van der Waals surface area contributed by atoms with E-state index in [1.54, 1.807) is 6.92 Å². The van der Waals surface area contributed by atoms with Gasteiger partial charge in [-0.15, -0.1) is 11.3 Å². The number of thiophene rings is 1. The summed E-state index contributed by atoms with van der Waals surface area (Å²) in [6.07, 6.45) is 7.24. The lowest BCUT2D eigenvalue weighted by molar-refractivity contribution is -0.147. The summed E-state index contributed by atoms with van der Waals surface area (Å²) in [5, 5.41) is 4.61. The van der Waals surface area contributed by atoms with Gasteiger partial charge in [0.2, 0.25) is 5.91 Å². The van der Waals surface area contributed by atoms with Gasteiger partial charge in [-0.05, 0) is 24.8 Å². The molecule has 0 aliphatic carbocycles. The summed E-state index contributed by atoms with van der Waals surface area (Å²) in [7, 11) is 0. The smallest absolute Gasteiger partial charge is 0.328 e. The van der Waals surface area contributed by atoms with Crippen LogP contribution in [0.3, 0.4) is 0 Å². The molecule has 1 amide bonds. The molecule has 0 unspecified atom stereocenters. The summed E-state index contributed by atoms with van der Waals surface area (Å²) >= 11 is 1.53. The summed E-state index contributed by atoms with van der Waals surface area (Å²) in [5.41, 5.74) is 0. The molecule has 0 radical (unpaired) electrons. The molecular formula is C17H27NO3S. The fraction of sp³-hybridized carbons (Fsp3) is 0.647. The van der Waals surface area contributed by atoms with E-state index in [0.717, 1.165) is 17.7 Å². The predicted octanol–water partition coefficient (Wildman–Crippen LogP) is 3.70. The first-order valence-corrected chi connectivity index (χ1v) is 8.99. The zero-order valence-electron chi connectivity index (χ0n) is 13.6. The SMILES string of the molecule is CCCCCCCCOC(=O)[C@H](C)NC(=O)Cc1cccs1. The lowest BCUT2D eigenvalue weighted by Gasteiger charge is -2.13. The molecule has 124 valence electrons. The Morgan fingerprint density at radius 3 is 2.64 bits per heavy atom. The number of nitrogens with one attached hydrogen (secondary N) is 1. The monoisotopic (exact) mass is 325 g/mol. The van der Waals surface area contributed by atoms with E-state index in [4.69, 9.17) is 4.74 Å². The first kappa shape index (κ1) is 18.7. The number of carbonyl (C=O) groups excluding carboxylic acids is 2. The van der Waals surface area contributed by atoms with Gasteiger partial charge in [0.25, 0.3) is 0 Å². The molecule has 1 heterocycles. The van der Waals surface area contributed by atoms with Gasteiger partial charge in [0.15, 0.2) is 0 Å². The Labute approximate surface area is 137 Å². The van der Waals surface area contributed by atoms with E-state index in [2.05, 4.69) is 12.2 Å². The molecule has 0 saturated carbocycles. The molecule has 1 N–H and O–H groups in total. The minimum atomic E-state index is -0.590. The zero-order chi connectivity index (χ0) is 16.2. The van der Waals surface area contributed by atoms with Crippen LogP contribution in [0.5, 0.6) is 0 Å². The Morgan fingerprint density at radius 2 is 1.95 bits per heavy atom. The van der Waals surface area contributed by atoms with Crippen LogP contribution in [0.15, 0.2) is 17.5 Å². The molecule has 1 aromatic rings. The van der Waals surface area contributed by atoms with Crippen molar-refractivity contribution in [2.45, 2.75) is 64.8 Å². The van der Waals surface area contributed by atoms with Gasteiger partial charge in [-0.1, -0.05) is 45.1 Å². The number of amides is 1. The van der Waals surface area contributed by atoms with Crippen LogP contribution >= 0.6 is 11.3 Å². The van der Waals surface area contributed by atoms with E-state index in [-0.39, 0.29) is 11.9 Å². The third-order valence-corrected chi connectivity index (χ3v) is 4.26. The molecule has 0 aliphatic heterocycles. The third-order valence-electron chi connectivity index (χ3n) is 3.39. The van der Waals surface area contributed by atoms with Crippen LogP contribution in [0, 0.1) is 0 Å². The molecule has 4 nitrogen and oxygen atoms in total. The van der Waals surface area contributed by atoms with Crippen LogP contribution in [0.25, 0.3) is 0 Å². The Morgan fingerprint density at radius 1 is 1.23 bits per heavy atom. The molecule has 1 atom stereocenters. The van der Waals surface area contributed by atoms with E-state index in [1.807, 2.05) is 17.5 Å². The molecule has 0 fully saturated rings. The molecule has 0 aliphatic rings. The van der Waals surface area contributed by atoms with Crippen molar-refractivity contribution in [3.05, 3.63) is 22.4 Å². The molecule has 1 rings (SSSR count). The molecule has 22 heavy (non-hydrogen) atoms. The van der Waals surface area contributed by atoms with Crippen LogP contribution in [0.2, 0.25) is 0 Å². The van der Waals surface area contributed by atoms with E-state index in [0.29, 0.717) is 13.0 Å². The van der Waals surface area contributed by atoms with Gasteiger partial charge >= 0.3 is 5.97 Å². The molecule has 0 saturated heterocycles. The second-order valence-corrected chi connectivity index (χ2v) is 6.51. The third kappa shape index (κ3) is 8.17. The van der Waals surface area contributed by atoms with Gasteiger partial charge in [0.05, 0.1) is 13.0 Å². The van der Waals surface area contributed by atoms with Crippen molar-refractivity contribution in [3.8, 4) is 0 Å². The maximum absolute atomic E-state index is 11.8. The second-order valence-electron chi connectivity index (χ2n) is 5.48. The summed E-state index contributed by atoms with van der Waals surface area (Å²) < 4.78 is 5.20. The van der Waals surface area contributed by atoms with Crippen LogP contribution in [0.4, 0.5) is 0 Å². The number of hydrogen-bond acceptors (Lipinski definition) is 4. The maximum atomic E-state index is 11.8. The van der Waals surface area contributed by atoms with Gasteiger partial charge in [-0.25, -0.2) is 4.79 Å². The predicted molar refractivity (Wildman–Crippen MR) is 90.0 cm³/mol. The number of carbonyl (C=O) groups is 2. The minimum Gasteiger partial charge on any atom is -0.464 e. The van der Waals surface area contributed by atoms with E-state index >= 15 is 0 Å². The fourth-order valence-corrected chi connectivity index (χ4v) is 2.81. The van der Waals surface area contributed by atoms with E-state index in [9.17, 15) is 9.59 Å². The standard InChI is InChI=1S/C17H27NO3S/c1-3-4-5-6-7-8-11-21-17(20)14(2)18-16(19)13-15-10-9-12-22-15/h9-10,12,14H,3-8,11,13H2,1-2H3,(H,18,19)/t14-/m0/s1. The Bertz CT molecular complexity index is 431. The number of unbranched alkanes of at least 4 members (excludes halogenated alkanes) is 5. The average molecular weight is 325 g/mol. The number of ether oxygens (including phenoxy) is 1.